The van der Waals surface area contributed by atoms with Crippen molar-refractivity contribution in [2.75, 3.05) is 0 Å². The monoisotopic (exact) mass is 199 g/mol. The van der Waals surface area contributed by atoms with Gasteiger partial charge in [-0.25, -0.2) is 8.78 Å². The molecular weight excluding hydrogens is 184 g/mol. The van der Waals surface area contributed by atoms with E-state index in [2.05, 4.69) is 0 Å². The summed E-state index contributed by atoms with van der Waals surface area (Å²) in [6, 6.07) is 2.65. The lowest BCUT2D eigenvalue weighted by Gasteiger charge is -2.17. The third-order valence-corrected chi connectivity index (χ3v) is 2.38. The van der Waals surface area contributed by atoms with Gasteiger partial charge in [0.2, 0.25) is 0 Å². The Bertz CT molecular complexity index is 334. The van der Waals surface area contributed by atoms with Crippen LogP contribution in [0.3, 0.4) is 0 Å². The molecule has 0 fully saturated rings. The number of hydrogen-bond acceptors (Lipinski definition) is 1. The van der Waals surface area contributed by atoms with Crippen LogP contribution in [-0.4, -0.2) is 0 Å². The minimum Gasteiger partial charge on any atom is -0.324 e. The maximum atomic E-state index is 13.4. The minimum absolute atomic E-state index is 0.0895. The Morgan fingerprint density at radius 1 is 1.14 bits per heavy atom. The summed E-state index contributed by atoms with van der Waals surface area (Å²) in [6.07, 6.45) is 0. The van der Waals surface area contributed by atoms with Crippen LogP contribution in [0.5, 0.6) is 0 Å². The van der Waals surface area contributed by atoms with E-state index in [1.54, 1.807) is 12.1 Å². The standard InChI is InChI=1S/C11H15F2N/c1-6(2)11(14)8-5-4-7(3)9(12)10(8)13/h4-6,11H,14H2,1-3H3/t11-/m0/s1. The average Bonchev–Trinajstić information content (AvgIpc) is 2.13. The first-order valence-corrected chi connectivity index (χ1v) is 4.65. The summed E-state index contributed by atoms with van der Waals surface area (Å²) in [4.78, 5) is 0. The second kappa shape index (κ2) is 4.05. The van der Waals surface area contributed by atoms with Crippen molar-refractivity contribution < 1.29 is 8.78 Å². The first-order valence-electron chi connectivity index (χ1n) is 4.65. The summed E-state index contributed by atoms with van der Waals surface area (Å²) in [6.45, 7) is 5.28. The van der Waals surface area contributed by atoms with Crippen LogP contribution < -0.4 is 5.73 Å². The molecule has 1 nitrogen and oxygen atoms in total. The van der Waals surface area contributed by atoms with Gasteiger partial charge < -0.3 is 5.73 Å². The molecule has 0 spiro atoms. The van der Waals surface area contributed by atoms with Gasteiger partial charge in [-0.1, -0.05) is 26.0 Å². The Morgan fingerprint density at radius 2 is 1.71 bits per heavy atom. The molecule has 3 heteroatoms. The van der Waals surface area contributed by atoms with E-state index in [0.717, 1.165) is 0 Å². The van der Waals surface area contributed by atoms with Crippen LogP contribution in [0, 0.1) is 24.5 Å². The molecule has 0 amide bonds. The number of halogens is 2. The number of rotatable bonds is 2. The first kappa shape index (κ1) is 11.1. The summed E-state index contributed by atoms with van der Waals surface area (Å²) in [5.41, 5.74) is 6.31. The van der Waals surface area contributed by atoms with Crippen molar-refractivity contribution in [1.82, 2.24) is 0 Å². The molecule has 1 aromatic rings. The fraction of sp³-hybridized carbons (Fsp3) is 0.455. The highest BCUT2D eigenvalue weighted by Crippen LogP contribution is 2.24. The highest BCUT2D eigenvalue weighted by Gasteiger charge is 2.18. The molecule has 2 N–H and O–H groups in total. The predicted octanol–water partition coefficient (Wildman–Crippen LogP) is 2.93. The lowest BCUT2D eigenvalue weighted by molar-refractivity contribution is 0.450. The van der Waals surface area contributed by atoms with Gasteiger partial charge >= 0.3 is 0 Å². The minimum atomic E-state index is -0.814. The largest absolute Gasteiger partial charge is 0.324 e. The van der Waals surface area contributed by atoms with Gasteiger partial charge in [0.15, 0.2) is 11.6 Å². The zero-order chi connectivity index (χ0) is 10.9. The number of hydrogen-bond donors (Lipinski definition) is 1. The summed E-state index contributed by atoms with van der Waals surface area (Å²) < 4.78 is 26.6. The highest BCUT2D eigenvalue weighted by atomic mass is 19.2. The molecule has 0 radical (unpaired) electrons. The van der Waals surface area contributed by atoms with Crippen molar-refractivity contribution in [2.24, 2.45) is 11.7 Å². The van der Waals surface area contributed by atoms with E-state index in [1.807, 2.05) is 13.8 Å². The predicted molar refractivity (Wildman–Crippen MR) is 52.9 cm³/mol. The second-order valence-electron chi connectivity index (χ2n) is 3.87. The molecule has 0 saturated carbocycles. The van der Waals surface area contributed by atoms with Gasteiger partial charge in [-0.05, 0) is 18.4 Å². The van der Waals surface area contributed by atoms with Gasteiger partial charge in [0.05, 0.1) is 0 Å². The van der Waals surface area contributed by atoms with Gasteiger partial charge in [-0.15, -0.1) is 0 Å². The third-order valence-electron chi connectivity index (χ3n) is 2.38. The molecule has 0 aromatic heterocycles. The summed E-state index contributed by atoms with van der Waals surface area (Å²) in [5.74, 6) is -1.52. The van der Waals surface area contributed by atoms with Crippen LogP contribution >= 0.6 is 0 Å². The van der Waals surface area contributed by atoms with Gasteiger partial charge in [-0.3, -0.25) is 0 Å². The Kier molecular flexibility index (Phi) is 3.21. The topological polar surface area (TPSA) is 26.0 Å². The number of aryl methyl sites for hydroxylation is 1. The Hall–Kier alpha value is -0.960. The van der Waals surface area contributed by atoms with E-state index in [4.69, 9.17) is 5.73 Å². The smallest absolute Gasteiger partial charge is 0.163 e. The van der Waals surface area contributed by atoms with E-state index in [0.29, 0.717) is 5.56 Å². The molecule has 0 aliphatic heterocycles. The molecule has 1 atom stereocenters. The normalized spacial score (nSPS) is 13.4. The molecule has 0 heterocycles. The molecule has 78 valence electrons. The van der Waals surface area contributed by atoms with Crippen molar-refractivity contribution >= 4 is 0 Å². The van der Waals surface area contributed by atoms with E-state index in [-0.39, 0.29) is 11.5 Å². The third kappa shape index (κ3) is 1.93. The molecule has 0 aliphatic rings. The molecule has 0 aliphatic carbocycles. The SMILES string of the molecule is Cc1ccc([C@@H](N)C(C)C)c(F)c1F. The van der Waals surface area contributed by atoms with Crippen LogP contribution in [0.15, 0.2) is 12.1 Å². The van der Waals surface area contributed by atoms with Crippen molar-refractivity contribution in [3.8, 4) is 0 Å². The van der Waals surface area contributed by atoms with Gasteiger partial charge in [0.25, 0.3) is 0 Å². The highest BCUT2D eigenvalue weighted by molar-refractivity contribution is 5.27. The van der Waals surface area contributed by atoms with E-state index < -0.39 is 17.7 Å². The molecular formula is C11H15F2N. The van der Waals surface area contributed by atoms with Crippen LogP contribution in [0.1, 0.15) is 31.0 Å². The number of benzene rings is 1. The van der Waals surface area contributed by atoms with E-state index in [1.165, 1.54) is 6.92 Å². The molecule has 0 saturated heterocycles. The van der Waals surface area contributed by atoms with Crippen LogP contribution in [0.25, 0.3) is 0 Å². The van der Waals surface area contributed by atoms with Crippen molar-refractivity contribution in [2.45, 2.75) is 26.8 Å². The van der Waals surface area contributed by atoms with Gasteiger partial charge in [0, 0.05) is 11.6 Å². The number of nitrogens with two attached hydrogens (primary N) is 1. The van der Waals surface area contributed by atoms with Gasteiger partial charge in [0.1, 0.15) is 0 Å². The maximum Gasteiger partial charge on any atom is 0.163 e. The quantitative estimate of drug-likeness (QED) is 0.778. The Labute approximate surface area is 82.9 Å². The van der Waals surface area contributed by atoms with E-state index >= 15 is 0 Å². The summed E-state index contributed by atoms with van der Waals surface area (Å²) >= 11 is 0. The average molecular weight is 199 g/mol. The molecule has 0 unspecified atom stereocenters. The van der Waals surface area contributed by atoms with Crippen molar-refractivity contribution in [1.29, 1.82) is 0 Å². The Morgan fingerprint density at radius 3 is 2.21 bits per heavy atom. The molecule has 14 heavy (non-hydrogen) atoms. The lowest BCUT2D eigenvalue weighted by Crippen LogP contribution is -2.19. The summed E-state index contributed by atoms with van der Waals surface area (Å²) in [5, 5.41) is 0. The molecule has 1 rings (SSSR count). The fourth-order valence-corrected chi connectivity index (χ4v) is 1.28. The zero-order valence-corrected chi connectivity index (χ0v) is 8.64. The Balaban J connectivity index is 3.17. The molecule has 0 bridgehead atoms. The first-order chi connectivity index (χ1) is 6.45. The lowest BCUT2D eigenvalue weighted by atomic mass is 9.95. The zero-order valence-electron chi connectivity index (χ0n) is 8.64. The summed E-state index contributed by atoms with van der Waals surface area (Å²) in [7, 11) is 0. The molecule has 1 aromatic carbocycles. The van der Waals surface area contributed by atoms with Crippen LogP contribution in [0.2, 0.25) is 0 Å². The van der Waals surface area contributed by atoms with Gasteiger partial charge in [-0.2, -0.15) is 0 Å². The maximum absolute atomic E-state index is 13.4. The van der Waals surface area contributed by atoms with Crippen LogP contribution in [-0.2, 0) is 0 Å². The van der Waals surface area contributed by atoms with Crippen molar-refractivity contribution in [3.63, 3.8) is 0 Å². The van der Waals surface area contributed by atoms with Crippen molar-refractivity contribution in [3.05, 3.63) is 34.9 Å². The fourth-order valence-electron chi connectivity index (χ4n) is 1.28. The second-order valence-corrected chi connectivity index (χ2v) is 3.87. The van der Waals surface area contributed by atoms with Crippen LogP contribution in [0.4, 0.5) is 8.78 Å². The van der Waals surface area contributed by atoms with E-state index in [9.17, 15) is 8.78 Å².